The van der Waals surface area contributed by atoms with Crippen molar-refractivity contribution in [3.8, 4) is 17.0 Å². The zero-order valence-electron chi connectivity index (χ0n) is 8.53. The summed E-state index contributed by atoms with van der Waals surface area (Å²) in [6, 6.07) is 7.40. The van der Waals surface area contributed by atoms with Crippen molar-refractivity contribution >= 4 is 0 Å². The molecule has 15 heavy (non-hydrogen) atoms. The highest BCUT2D eigenvalue weighted by Crippen LogP contribution is 2.21. The molecular weight excluding hydrogens is 194 g/mol. The van der Waals surface area contributed by atoms with Gasteiger partial charge >= 0.3 is 5.63 Å². The second-order valence-corrected chi connectivity index (χ2v) is 3.22. The topological polar surface area (TPSA) is 55.2 Å². The first kappa shape index (κ1) is 9.58. The molecule has 0 radical (unpaired) electrons. The Morgan fingerprint density at radius 1 is 1.27 bits per heavy atom. The van der Waals surface area contributed by atoms with E-state index in [-0.39, 0.29) is 5.63 Å². The maximum atomic E-state index is 11.1. The Hall–Kier alpha value is -1.97. The van der Waals surface area contributed by atoms with Gasteiger partial charge in [0, 0.05) is 5.56 Å². The van der Waals surface area contributed by atoms with Crippen LogP contribution in [0.2, 0.25) is 0 Å². The van der Waals surface area contributed by atoms with Gasteiger partial charge in [-0.2, -0.15) is 0 Å². The molecule has 0 aliphatic carbocycles. The van der Waals surface area contributed by atoms with Crippen LogP contribution in [0.3, 0.4) is 0 Å². The number of benzene rings is 1. The number of hydrogen-bond acceptors (Lipinski definition) is 3. The lowest BCUT2D eigenvalue weighted by Gasteiger charge is -2.01. The van der Waals surface area contributed by atoms with Crippen molar-refractivity contribution in [2.75, 3.05) is 7.11 Å². The fraction of sp³-hybridized carbons (Fsp3) is 0.182. The Kier molecular flexibility index (Phi) is 2.33. The molecule has 0 saturated heterocycles. The molecule has 78 valence electrons. The first-order valence-electron chi connectivity index (χ1n) is 4.55. The second kappa shape index (κ2) is 3.65. The van der Waals surface area contributed by atoms with E-state index in [4.69, 9.17) is 9.26 Å². The predicted octanol–water partition coefficient (Wildman–Crippen LogP) is 1.95. The van der Waals surface area contributed by atoms with Crippen LogP contribution >= 0.6 is 0 Å². The molecule has 0 spiro atoms. The highest BCUT2D eigenvalue weighted by Gasteiger charge is 2.08. The molecule has 1 heterocycles. The Morgan fingerprint density at radius 2 is 1.93 bits per heavy atom. The standard InChI is InChI=1S/C11H11NO3/c1-7-10(12-15-11(7)13)8-3-5-9(14-2)6-4-8/h3-6,12H,1-2H3. The number of methoxy groups -OCH3 is 1. The van der Waals surface area contributed by atoms with Crippen molar-refractivity contribution in [1.82, 2.24) is 5.16 Å². The van der Waals surface area contributed by atoms with Gasteiger partial charge in [0.2, 0.25) is 0 Å². The lowest BCUT2D eigenvalue weighted by atomic mass is 10.1. The Morgan fingerprint density at radius 3 is 2.40 bits per heavy atom. The van der Waals surface area contributed by atoms with Crippen molar-refractivity contribution in [2.24, 2.45) is 0 Å². The fourth-order valence-corrected chi connectivity index (χ4v) is 1.39. The number of H-pyrrole nitrogens is 1. The van der Waals surface area contributed by atoms with Crippen LogP contribution in [0.5, 0.6) is 5.75 Å². The van der Waals surface area contributed by atoms with Crippen LogP contribution < -0.4 is 10.4 Å². The quantitative estimate of drug-likeness (QED) is 0.815. The van der Waals surface area contributed by atoms with Crippen LogP contribution in [0.25, 0.3) is 11.3 Å². The maximum Gasteiger partial charge on any atom is 0.360 e. The van der Waals surface area contributed by atoms with Crippen LogP contribution in [0.4, 0.5) is 0 Å². The van der Waals surface area contributed by atoms with Gasteiger partial charge in [-0.05, 0) is 31.2 Å². The minimum absolute atomic E-state index is 0.333. The third kappa shape index (κ3) is 1.66. The first-order valence-corrected chi connectivity index (χ1v) is 4.55. The van der Waals surface area contributed by atoms with E-state index in [0.717, 1.165) is 11.3 Å². The first-order chi connectivity index (χ1) is 7.22. The lowest BCUT2D eigenvalue weighted by molar-refractivity contribution is 0.392. The summed E-state index contributed by atoms with van der Waals surface area (Å²) in [5.41, 5.74) is 1.86. The van der Waals surface area contributed by atoms with Crippen LogP contribution in [0, 0.1) is 6.92 Å². The van der Waals surface area contributed by atoms with E-state index in [1.807, 2.05) is 24.3 Å². The smallest absolute Gasteiger partial charge is 0.360 e. The van der Waals surface area contributed by atoms with Crippen molar-refractivity contribution < 1.29 is 9.26 Å². The molecule has 4 nitrogen and oxygen atoms in total. The fourth-order valence-electron chi connectivity index (χ4n) is 1.39. The number of hydrogen-bond donors (Lipinski definition) is 1. The highest BCUT2D eigenvalue weighted by atomic mass is 16.5. The summed E-state index contributed by atoms with van der Waals surface area (Å²) < 4.78 is 9.74. The van der Waals surface area contributed by atoms with Gasteiger partial charge in [0.15, 0.2) is 0 Å². The summed E-state index contributed by atoms with van der Waals surface area (Å²) in [6.07, 6.45) is 0. The zero-order valence-corrected chi connectivity index (χ0v) is 8.53. The molecule has 0 aliphatic rings. The second-order valence-electron chi connectivity index (χ2n) is 3.22. The summed E-state index contributed by atoms with van der Waals surface area (Å²) in [7, 11) is 1.61. The van der Waals surface area contributed by atoms with Gasteiger partial charge in [0.25, 0.3) is 0 Å². The van der Waals surface area contributed by atoms with Gasteiger partial charge in [0.05, 0.1) is 18.4 Å². The molecule has 0 amide bonds. The van der Waals surface area contributed by atoms with Crippen LogP contribution in [0.1, 0.15) is 5.56 Å². The molecule has 0 fully saturated rings. The molecule has 2 rings (SSSR count). The minimum Gasteiger partial charge on any atom is -0.497 e. The molecule has 0 unspecified atom stereocenters. The molecule has 2 aromatic rings. The van der Waals surface area contributed by atoms with Crippen LogP contribution in [-0.4, -0.2) is 12.3 Å². The molecule has 1 aromatic heterocycles. The summed E-state index contributed by atoms with van der Waals surface area (Å²) in [5.74, 6) is 0.780. The number of aromatic nitrogens is 1. The van der Waals surface area contributed by atoms with Crippen LogP contribution in [0.15, 0.2) is 33.6 Å². The largest absolute Gasteiger partial charge is 0.497 e. The summed E-state index contributed by atoms with van der Waals surface area (Å²) in [6.45, 7) is 1.72. The van der Waals surface area contributed by atoms with Crippen molar-refractivity contribution in [1.29, 1.82) is 0 Å². The van der Waals surface area contributed by atoms with E-state index in [1.165, 1.54) is 0 Å². The molecule has 4 heteroatoms. The molecule has 1 aromatic carbocycles. The van der Waals surface area contributed by atoms with Gasteiger partial charge in [-0.25, -0.2) is 9.95 Å². The molecule has 0 saturated carbocycles. The molecule has 0 aliphatic heterocycles. The lowest BCUT2D eigenvalue weighted by Crippen LogP contribution is -1.95. The van der Waals surface area contributed by atoms with Gasteiger partial charge in [0.1, 0.15) is 5.75 Å². The van der Waals surface area contributed by atoms with Crippen LogP contribution in [-0.2, 0) is 0 Å². The van der Waals surface area contributed by atoms with E-state index in [2.05, 4.69) is 5.16 Å². The van der Waals surface area contributed by atoms with Gasteiger partial charge < -0.3 is 9.26 Å². The highest BCUT2D eigenvalue weighted by molar-refractivity contribution is 5.62. The molecule has 1 N–H and O–H groups in total. The Labute approximate surface area is 86.5 Å². The number of ether oxygens (including phenoxy) is 1. The SMILES string of the molecule is COc1ccc(-c2[nH]oc(=O)c2C)cc1. The molecule has 0 atom stereocenters. The summed E-state index contributed by atoms with van der Waals surface area (Å²) in [4.78, 5) is 11.1. The number of aromatic amines is 1. The van der Waals surface area contributed by atoms with E-state index >= 15 is 0 Å². The number of rotatable bonds is 2. The van der Waals surface area contributed by atoms with E-state index < -0.39 is 0 Å². The number of nitrogens with one attached hydrogen (secondary N) is 1. The molecule has 0 bridgehead atoms. The minimum atomic E-state index is -0.333. The third-order valence-corrected chi connectivity index (χ3v) is 2.31. The monoisotopic (exact) mass is 205 g/mol. The normalized spacial score (nSPS) is 10.3. The van der Waals surface area contributed by atoms with Crippen molar-refractivity contribution in [3.05, 3.63) is 40.2 Å². The van der Waals surface area contributed by atoms with E-state index in [0.29, 0.717) is 11.3 Å². The van der Waals surface area contributed by atoms with Gasteiger partial charge in [-0.15, -0.1) is 0 Å². The summed E-state index contributed by atoms with van der Waals surface area (Å²) >= 11 is 0. The Bertz CT molecular complexity index is 507. The average molecular weight is 205 g/mol. The van der Waals surface area contributed by atoms with Crippen molar-refractivity contribution in [3.63, 3.8) is 0 Å². The molecular formula is C11H11NO3. The van der Waals surface area contributed by atoms with Gasteiger partial charge in [-0.1, -0.05) is 0 Å². The Balaban J connectivity index is 2.46. The average Bonchev–Trinajstić information content (AvgIpc) is 2.60. The predicted molar refractivity (Wildman–Crippen MR) is 56.1 cm³/mol. The van der Waals surface area contributed by atoms with Gasteiger partial charge in [-0.3, -0.25) is 0 Å². The van der Waals surface area contributed by atoms with Crippen molar-refractivity contribution in [2.45, 2.75) is 6.92 Å². The maximum absolute atomic E-state index is 11.1. The van der Waals surface area contributed by atoms with E-state index in [9.17, 15) is 4.79 Å². The zero-order chi connectivity index (χ0) is 10.8. The summed E-state index contributed by atoms with van der Waals surface area (Å²) in [5, 5.41) is 2.60. The third-order valence-electron chi connectivity index (χ3n) is 2.31. The van der Waals surface area contributed by atoms with E-state index in [1.54, 1.807) is 14.0 Å².